The molecule has 1 aliphatic heterocycles. The van der Waals surface area contributed by atoms with Gasteiger partial charge in [0.15, 0.2) is 9.84 Å². The second kappa shape index (κ2) is 6.32. The van der Waals surface area contributed by atoms with Gasteiger partial charge in [-0.25, -0.2) is 8.42 Å². The van der Waals surface area contributed by atoms with E-state index in [9.17, 15) is 8.42 Å². The van der Waals surface area contributed by atoms with Gasteiger partial charge in [0.1, 0.15) is 0 Å². The predicted octanol–water partition coefficient (Wildman–Crippen LogP) is 1.91. The minimum atomic E-state index is -2.80. The zero-order valence-electron chi connectivity index (χ0n) is 14.0. The molecule has 1 aliphatic rings. The maximum absolute atomic E-state index is 11.6. The summed E-state index contributed by atoms with van der Waals surface area (Å²) in [5, 5.41) is 3.58. The molecule has 2 atom stereocenters. The van der Waals surface area contributed by atoms with Crippen molar-refractivity contribution in [3.05, 3.63) is 0 Å². The van der Waals surface area contributed by atoms with Crippen molar-refractivity contribution in [2.75, 3.05) is 31.6 Å². The molecule has 5 heteroatoms. The molecule has 0 aromatic carbocycles. The van der Waals surface area contributed by atoms with Gasteiger partial charge in [0.25, 0.3) is 0 Å². The molecule has 0 bridgehead atoms. The second-order valence-electron chi connectivity index (χ2n) is 7.74. The van der Waals surface area contributed by atoms with Gasteiger partial charge in [0.2, 0.25) is 0 Å². The molecule has 0 spiro atoms. The van der Waals surface area contributed by atoms with Crippen LogP contribution in [0.25, 0.3) is 0 Å². The first-order valence-electron chi connectivity index (χ1n) is 7.62. The van der Waals surface area contributed by atoms with E-state index in [-0.39, 0.29) is 17.0 Å². The quantitative estimate of drug-likeness (QED) is 0.814. The van der Waals surface area contributed by atoms with Crippen LogP contribution in [0.1, 0.15) is 47.5 Å². The van der Waals surface area contributed by atoms with E-state index in [0.717, 1.165) is 25.9 Å². The van der Waals surface area contributed by atoms with E-state index in [4.69, 9.17) is 0 Å². The smallest absolute Gasteiger partial charge is 0.151 e. The summed E-state index contributed by atoms with van der Waals surface area (Å²) in [5.74, 6) is 0.682. The number of rotatable bonds is 6. The Morgan fingerprint density at radius 3 is 2.25 bits per heavy atom. The highest BCUT2D eigenvalue weighted by Gasteiger charge is 2.34. The van der Waals surface area contributed by atoms with Crippen LogP contribution in [-0.2, 0) is 9.84 Å². The van der Waals surface area contributed by atoms with Crippen LogP contribution in [0, 0.1) is 5.41 Å². The van der Waals surface area contributed by atoms with Gasteiger partial charge in [0, 0.05) is 24.7 Å². The van der Waals surface area contributed by atoms with Crippen LogP contribution in [0.3, 0.4) is 0 Å². The highest BCUT2D eigenvalue weighted by atomic mass is 32.2. The standard InChI is InChI=1S/C15H32N2O2S/c1-7-15(5,11-16-14(2,3)4)12-17(6)13-8-9-20(18,19)10-13/h13,16H,7-12H2,1-6H3. The number of hydrogen-bond donors (Lipinski definition) is 1. The lowest BCUT2D eigenvalue weighted by Crippen LogP contribution is -2.48. The Labute approximate surface area is 125 Å². The number of sulfone groups is 1. The lowest BCUT2D eigenvalue weighted by Gasteiger charge is -2.37. The third-order valence-electron chi connectivity index (χ3n) is 4.36. The fraction of sp³-hybridized carbons (Fsp3) is 1.00. The Morgan fingerprint density at radius 1 is 1.25 bits per heavy atom. The molecule has 0 aliphatic carbocycles. The Balaban J connectivity index is 2.58. The van der Waals surface area contributed by atoms with E-state index in [1.165, 1.54) is 0 Å². The van der Waals surface area contributed by atoms with Crippen molar-refractivity contribution in [2.45, 2.75) is 59.0 Å². The molecule has 0 aromatic heterocycles. The predicted molar refractivity (Wildman–Crippen MR) is 85.8 cm³/mol. The zero-order valence-corrected chi connectivity index (χ0v) is 14.8. The first-order valence-corrected chi connectivity index (χ1v) is 9.44. The van der Waals surface area contributed by atoms with Gasteiger partial charge in [-0.2, -0.15) is 0 Å². The van der Waals surface area contributed by atoms with E-state index in [0.29, 0.717) is 11.5 Å². The number of hydrogen-bond acceptors (Lipinski definition) is 4. The SMILES string of the molecule is CCC(C)(CNC(C)(C)C)CN(C)C1CCS(=O)(=O)C1. The van der Waals surface area contributed by atoms with Crippen LogP contribution in [0.5, 0.6) is 0 Å². The van der Waals surface area contributed by atoms with Gasteiger partial charge in [-0.05, 0) is 46.1 Å². The fourth-order valence-electron chi connectivity index (χ4n) is 2.63. The lowest BCUT2D eigenvalue weighted by atomic mass is 9.85. The van der Waals surface area contributed by atoms with Crippen LogP contribution >= 0.6 is 0 Å². The molecule has 4 nitrogen and oxygen atoms in total. The van der Waals surface area contributed by atoms with Gasteiger partial charge in [-0.15, -0.1) is 0 Å². The van der Waals surface area contributed by atoms with E-state index in [1.54, 1.807) is 0 Å². The monoisotopic (exact) mass is 304 g/mol. The maximum atomic E-state index is 11.6. The minimum Gasteiger partial charge on any atom is -0.311 e. The average Bonchev–Trinajstić information content (AvgIpc) is 2.66. The summed E-state index contributed by atoms with van der Waals surface area (Å²) in [7, 11) is -0.730. The molecule has 1 rings (SSSR count). The van der Waals surface area contributed by atoms with Crippen molar-refractivity contribution in [3.63, 3.8) is 0 Å². The van der Waals surface area contributed by atoms with Gasteiger partial charge >= 0.3 is 0 Å². The Kier molecular flexibility index (Phi) is 5.67. The normalized spacial score (nSPS) is 25.9. The van der Waals surface area contributed by atoms with Crippen molar-refractivity contribution >= 4 is 9.84 Å². The molecule has 1 saturated heterocycles. The Hall–Kier alpha value is -0.130. The molecule has 1 fully saturated rings. The summed E-state index contributed by atoms with van der Waals surface area (Å²) in [6.07, 6.45) is 1.87. The summed E-state index contributed by atoms with van der Waals surface area (Å²) in [4.78, 5) is 2.25. The summed E-state index contributed by atoms with van der Waals surface area (Å²) in [5.41, 5.74) is 0.292. The van der Waals surface area contributed by atoms with Gasteiger partial charge < -0.3 is 10.2 Å². The molecule has 0 amide bonds. The first kappa shape index (κ1) is 17.9. The van der Waals surface area contributed by atoms with Crippen molar-refractivity contribution in [2.24, 2.45) is 5.41 Å². The molecule has 0 aromatic rings. The number of nitrogens with one attached hydrogen (secondary N) is 1. The molecule has 20 heavy (non-hydrogen) atoms. The molecule has 2 unspecified atom stereocenters. The van der Waals surface area contributed by atoms with Gasteiger partial charge in [-0.3, -0.25) is 0 Å². The largest absolute Gasteiger partial charge is 0.311 e. The van der Waals surface area contributed by atoms with Crippen LogP contribution in [0.15, 0.2) is 0 Å². The highest BCUT2D eigenvalue weighted by molar-refractivity contribution is 7.91. The van der Waals surface area contributed by atoms with Crippen molar-refractivity contribution in [1.29, 1.82) is 0 Å². The fourth-order valence-corrected chi connectivity index (χ4v) is 4.43. The van der Waals surface area contributed by atoms with Crippen molar-refractivity contribution < 1.29 is 8.42 Å². The van der Waals surface area contributed by atoms with Crippen molar-refractivity contribution in [3.8, 4) is 0 Å². The number of nitrogens with zero attached hydrogens (tertiary/aromatic N) is 1. The molecule has 0 radical (unpaired) electrons. The van der Waals surface area contributed by atoms with E-state index < -0.39 is 9.84 Å². The zero-order chi connectivity index (χ0) is 15.6. The van der Waals surface area contributed by atoms with E-state index >= 15 is 0 Å². The third kappa shape index (κ3) is 5.70. The Bertz CT molecular complexity index is 414. The summed E-state index contributed by atoms with van der Waals surface area (Å²) < 4.78 is 23.2. The second-order valence-corrected chi connectivity index (χ2v) is 9.97. The summed E-state index contributed by atoms with van der Waals surface area (Å²) in [6, 6.07) is 0.195. The third-order valence-corrected chi connectivity index (χ3v) is 6.11. The maximum Gasteiger partial charge on any atom is 0.151 e. The molecular weight excluding hydrogens is 272 g/mol. The molecule has 120 valence electrons. The molecule has 1 N–H and O–H groups in total. The van der Waals surface area contributed by atoms with Crippen LogP contribution in [-0.4, -0.2) is 56.5 Å². The summed E-state index contributed by atoms with van der Waals surface area (Å²) in [6.45, 7) is 12.9. The van der Waals surface area contributed by atoms with E-state index in [1.807, 2.05) is 0 Å². The molecular formula is C15H32N2O2S. The minimum absolute atomic E-state index is 0.117. The van der Waals surface area contributed by atoms with Crippen LogP contribution in [0.2, 0.25) is 0 Å². The van der Waals surface area contributed by atoms with E-state index in [2.05, 4.69) is 51.9 Å². The molecule has 1 heterocycles. The molecule has 0 saturated carbocycles. The average molecular weight is 305 g/mol. The Morgan fingerprint density at radius 2 is 1.85 bits per heavy atom. The van der Waals surface area contributed by atoms with Crippen LogP contribution in [0.4, 0.5) is 0 Å². The summed E-state index contributed by atoms with van der Waals surface area (Å²) >= 11 is 0. The highest BCUT2D eigenvalue weighted by Crippen LogP contribution is 2.25. The lowest BCUT2D eigenvalue weighted by molar-refractivity contribution is 0.141. The topological polar surface area (TPSA) is 49.4 Å². The van der Waals surface area contributed by atoms with Gasteiger partial charge in [0.05, 0.1) is 11.5 Å². The first-order chi connectivity index (χ1) is 8.96. The van der Waals surface area contributed by atoms with Crippen molar-refractivity contribution in [1.82, 2.24) is 10.2 Å². The van der Waals surface area contributed by atoms with Crippen LogP contribution < -0.4 is 5.32 Å². The van der Waals surface area contributed by atoms with Gasteiger partial charge in [-0.1, -0.05) is 13.8 Å².